The number of nitrogens with zero attached hydrogens (tertiary/aromatic N) is 1. The summed E-state index contributed by atoms with van der Waals surface area (Å²) in [6, 6.07) is 16.4. The molecule has 0 atom stereocenters. The average Bonchev–Trinajstić information content (AvgIpc) is 3.26. The van der Waals surface area contributed by atoms with Gasteiger partial charge in [-0.1, -0.05) is 29.8 Å². The van der Waals surface area contributed by atoms with E-state index < -0.39 is 5.82 Å². The minimum atomic E-state index is -0.439. The number of amides is 1. The van der Waals surface area contributed by atoms with Crippen molar-refractivity contribution in [2.24, 2.45) is 0 Å². The summed E-state index contributed by atoms with van der Waals surface area (Å²) in [7, 11) is 0. The van der Waals surface area contributed by atoms with E-state index in [-0.39, 0.29) is 17.5 Å². The zero-order valence-electron chi connectivity index (χ0n) is 14.9. The van der Waals surface area contributed by atoms with Gasteiger partial charge in [0.1, 0.15) is 35.4 Å². The first kappa shape index (κ1) is 19.2. The molecule has 0 bridgehead atoms. The number of ether oxygens (including phenoxy) is 1. The minimum Gasteiger partial charge on any atom is -0.484 e. The highest BCUT2D eigenvalue weighted by Gasteiger charge is 2.32. The molecule has 2 aromatic carbocycles. The summed E-state index contributed by atoms with van der Waals surface area (Å²) >= 11 is 11.2. The SMILES string of the molecule is O=C1/C(=C\c2ccc(COc3ccc(F)cc3Cl)o2)NC(=S)N1c1ccccc1. The normalized spacial score (nSPS) is 15.1. The number of hydrogen-bond acceptors (Lipinski definition) is 4. The molecule has 29 heavy (non-hydrogen) atoms. The van der Waals surface area contributed by atoms with Crippen LogP contribution in [0.15, 0.2) is 70.8 Å². The Morgan fingerprint density at radius 3 is 2.72 bits per heavy atom. The van der Waals surface area contributed by atoms with Crippen LogP contribution >= 0.6 is 23.8 Å². The van der Waals surface area contributed by atoms with E-state index in [4.69, 9.17) is 33.0 Å². The molecule has 0 radical (unpaired) electrons. The molecule has 1 aliphatic heterocycles. The summed E-state index contributed by atoms with van der Waals surface area (Å²) in [5, 5.41) is 3.38. The fraction of sp³-hybridized carbons (Fsp3) is 0.0476. The van der Waals surface area contributed by atoms with Gasteiger partial charge >= 0.3 is 0 Å². The molecule has 0 spiro atoms. The topological polar surface area (TPSA) is 54.7 Å². The van der Waals surface area contributed by atoms with E-state index >= 15 is 0 Å². The number of halogens is 2. The highest BCUT2D eigenvalue weighted by atomic mass is 35.5. The number of nitrogens with one attached hydrogen (secondary N) is 1. The second-order valence-corrected chi connectivity index (χ2v) is 6.93. The first-order valence-corrected chi connectivity index (χ1v) is 9.38. The fourth-order valence-electron chi connectivity index (χ4n) is 2.78. The van der Waals surface area contributed by atoms with Gasteiger partial charge in [-0.05, 0) is 54.7 Å². The van der Waals surface area contributed by atoms with Crippen LogP contribution in [0.3, 0.4) is 0 Å². The summed E-state index contributed by atoms with van der Waals surface area (Å²) in [4.78, 5) is 14.1. The third-order valence-corrected chi connectivity index (χ3v) is 4.71. The molecule has 1 saturated heterocycles. The Bertz CT molecular complexity index is 1110. The van der Waals surface area contributed by atoms with E-state index in [2.05, 4.69) is 5.32 Å². The molecular formula is C21H14ClFN2O3S. The molecule has 8 heteroatoms. The summed E-state index contributed by atoms with van der Waals surface area (Å²) in [5.74, 6) is 0.618. The van der Waals surface area contributed by atoms with Crippen molar-refractivity contribution in [1.82, 2.24) is 5.32 Å². The number of carbonyl (C=O) groups excluding carboxylic acids is 1. The molecule has 1 aliphatic rings. The number of rotatable bonds is 5. The maximum absolute atomic E-state index is 13.1. The molecule has 3 aromatic rings. The predicted molar refractivity (Wildman–Crippen MR) is 112 cm³/mol. The van der Waals surface area contributed by atoms with E-state index in [1.807, 2.05) is 18.2 Å². The Morgan fingerprint density at radius 1 is 1.17 bits per heavy atom. The zero-order valence-corrected chi connectivity index (χ0v) is 16.5. The number of thiocarbonyl (C=S) groups is 1. The van der Waals surface area contributed by atoms with Crippen LogP contribution in [0.5, 0.6) is 5.75 Å². The van der Waals surface area contributed by atoms with Gasteiger partial charge in [-0.15, -0.1) is 0 Å². The van der Waals surface area contributed by atoms with Gasteiger partial charge < -0.3 is 14.5 Å². The van der Waals surface area contributed by atoms with Crippen molar-refractivity contribution in [3.8, 4) is 5.75 Å². The number of benzene rings is 2. The van der Waals surface area contributed by atoms with Crippen LogP contribution in [0.25, 0.3) is 6.08 Å². The van der Waals surface area contributed by atoms with Gasteiger partial charge in [-0.25, -0.2) is 4.39 Å². The standard InChI is InChI=1S/C21H14ClFN2O3S/c22-17-10-13(23)6-9-19(17)27-12-16-8-7-15(28-16)11-18-20(26)25(21(29)24-18)14-4-2-1-3-5-14/h1-11H,12H2,(H,24,29)/b18-11+. The van der Waals surface area contributed by atoms with Crippen molar-refractivity contribution < 1.29 is 18.3 Å². The van der Waals surface area contributed by atoms with Crippen LogP contribution in [0.2, 0.25) is 5.02 Å². The molecule has 1 amide bonds. The number of furan rings is 1. The maximum atomic E-state index is 13.1. The van der Waals surface area contributed by atoms with E-state index in [1.54, 1.807) is 30.3 Å². The summed E-state index contributed by atoms with van der Waals surface area (Å²) in [6.45, 7) is 0.102. The van der Waals surface area contributed by atoms with Gasteiger partial charge in [-0.3, -0.25) is 9.69 Å². The second-order valence-electron chi connectivity index (χ2n) is 6.13. The lowest BCUT2D eigenvalue weighted by molar-refractivity contribution is -0.113. The summed E-state index contributed by atoms with van der Waals surface area (Å²) < 4.78 is 24.3. The molecular weight excluding hydrogens is 415 g/mol. The molecule has 4 rings (SSSR count). The summed E-state index contributed by atoms with van der Waals surface area (Å²) in [5.41, 5.74) is 0.991. The minimum absolute atomic E-state index is 0.102. The quantitative estimate of drug-likeness (QED) is 0.462. The highest BCUT2D eigenvalue weighted by molar-refractivity contribution is 7.80. The lowest BCUT2D eigenvalue weighted by atomic mass is 10.3. The van der Waals surface area contributed by atoms with Crippen LogP contribution in [0, 0.1) is 5.82 Å². The maximum Gasteiger partial charge on any atom is 0.281 e. The molecule has 0 aliphatic carbocycles. The van der Waals surface area contributed by atoms with Crippen molar-refractivity contribution in [3.05, 3.63) is 88.7 Å². The molecule has 1 aromatic heterocycles. The molecule has 0 saturated carbocycles. The zero-order chi connectivity index (χ0) is 20.4. The van der Waals surface area contributed by atoms with Gasteiger partial charge in [0.15, 0.2) is 5.11 Å². The van der Waals surface area contributed by atoms with E-state index in [0.29, 0.717) is 33.8 Å². The molecule has 1 fully saturated rings. The van der Waals surface area contributed by atoms with E-state index in [1.165, 1.54) is 23.1 Å². The Hall–Kier alpha value is -3.16. The third kappa shape index (κ3) is 4.16. The third-order valence-electron chi connectivity index (χ3n) is 4.13. The van der Waals surface area contributed by atoms with Crippen molar-refractivity contribution in [1.29, 1.82) is 0 Å². The molecule has 5 nitrogen and oxygen atoms in total. The fourth-order valence-corrected chi connectivity index (χ4v) is 3.30. The van der Waals surface area contributed by atoms with Crippen LogP contribution in [-0.2, 0) is 11.4 Å². The van der Waals surface area contributed by atoms with Crippen LogP contribution in [-0.4, -0.2) is 11.0 Å². The van der Waals surface area contributed by atoms with Crippen molar-refractivity contribution >= 4 is 46.6 Å². The van der Waals surface area contributed by atoms with Crippen LogP contribution in [0.1, 0.15) is 11.5 Å². The molecule has 0 unspecified atom stereocenters. The second kappa shape index (κ2) is 8.06. The lowest BCUT2D eigenvalue weighted by Crippen LogP contribution is -2.30. The smallest absolute Gasteiger partial charge is 0.281 e. The Kier molecular flexibility index (Phi) is 5.33. The van der Waals surface area contributed by atoms with Crippen molar-refractivity contribution in [2.45, 2.75) is 6.61 Å². The van der Waals surface area contributed by atoms with Gasteiger partial charge in [0.25, 0.3) is 5.91 Å². The summed E-state index contributed by atoms with van der Waals surface area (Å²) in [6.07, 6.45) is 1.58. The number of hydrogen-bond donors (Lipinski definition) is 1. The number of carbonyl (C=O) groups is 1. The van der Waals surface area contributed by atoms with Gasteiger partial charge in [-0.2, -0.15) is 0 Å². The number of anilines is 1. The molecule has 1 N–H and O–H groups in total. The lowest BCUT2D eigenvalue weighted by Gasteiger charge is -2.13. The van der Waals surface area contributed by atoms with E-state index in [9.17, 15) is 9.18 Å². The van der Waals surface area contributed by atoms with Crippen LogP contribution < -0.4 is 15.0 Å². The van der Waals surface area contributed by atoms with Crippen LogP contribution in [0.4, 0.5) is 10.1 Å². The van der Waals surface area contributed by atoms with Gasteiger partial charge in [0.05, 0.1) is 10.7 Å². The highest BCUT2D eigenvalue weighted by Crippen LogP contribution is 2.26. The van der Waals surface area contributed by atoms with E-state index in [0.717, 1.165) is 0 Å². The average molecular weight is 429 g/mol. The monoisotopic (exact) mass is 428 g/mol. The first-order valence-electron chi connectivity index (χ1n) is 8.60. The molecule has 2 heterocycles. The first-order chi connectivity index (χ1) is 14.0. The Morgan fingerprint density at radius 2 is 1.97 bits per heavy atom. The predicted octanol–water partition coefficient (Wildman–Crippen LogP) is 4.91. The molecule has 146 valence electrons. The van der Waals surface area contributed by atoms with Gasteiger partial charge in [0.2, 0.25) is 0 Å². The Balaban J connectivity index is 1.46. The largest absolute Gasteiger partial charge is 0.484 e. The van der Waals surface area contributed by atoms with Gasteiger partial charge in [0, 0.05) is 6.08 Å². The van der Waals surface area contributed by atoms with Crippen molar-refractivity contribution in [2.75, 3.05) is 4.90 Å². The number of para-hydroxylation sites is 1. The Labute approximate surface area is 176 Å². The van der Waals surface area contributed by atoms with Crippen molar-refractivity contribution in [3.63, 3.8) is 0 Å².